The van der Waals surface area contributed by atoms with E-state index < -0.39 is 5.97 Å². The van der Waals surface area contributed by atoms with Gasteiger partial charge in [-0.15, -0.1) is 0 Å². The summed E-state index contributed by atoms with van der Waals surface area (Å²) >= 11 is 0. The van der Waals surface area contributed by atoms with Crippen LogP contribution in [0.3, 0.4) is 0 Å². The lowest BCUT2D eigenvalue weighted by Gasteiger charge is -2.62. The van der Waals surface area contributed by atoms with Crippen LogP contribution in [0.25, 0.3) is 0 Å². The van der Waals surface area contributed by atoms with Crippen LogP contribution in [0.15, 0.2) is 0 Å². The van der Waals surface area contributed by atoms with Crippen molar-refractivity contribution in [1.82, 2.24) is 0 Å². The standard InChI is InChI=1S/C24H40O4/c1-14(4-7-21(27)28)17-5-6-18-22-19(9-11-24(17,18)3)23(2)10-8-16(25)12-15(23)13-20(22)26/h14-20,22,25-26H,4-13H2,1-3H3,(H,27,28)/t14-,15-,16-,17+,18-,19-,20-,22+,23+,24-/m1/s1. The SMILES string of the molecule is C[C@H](CCC(=O)O)[C@@H]1CC[C@@H]2[C@@H]3[C@H](O)C[C@H]4C[C@H](O)CC[C@]4(C)[C@@H]3CC[C@@]21C. The fourth-order valence-corrected chi connectivity index (χ4v) is 8.73. The zero-order valence-corrected chi connectivity index (χ0v) is 17.9. The molecular formula is C24H40O4. The summed E-state index contributed by atoms with van der Waals surface area (Å²) in [6.07, 6.45) is 9.19. The second-order valence-corrected chi connectivity index (χ2v) is 11.4. The van der Waals surface area contributed by atoms with Crippen molar-refractivity contribution < 1.29 is 20.1 Å². The number of rotatable bonds is 4. The van der Waals surface area contributed by atoms with E-state index in [0.29, 0.717) is 35.5 Å². The molecule has 28 heavy (non-hydrogen) atoms. The first-order chi connectivity index (χ1) is 13.2. The van der Waals surface area contributed by atoms with E-state index in [1.807, 2.05) is 0 Å². The molecule has 0 aromatic carbocycles. The highest BCUT2D eigenvalue weighted by Gasteiger charge is 2.62. The highest BCUT2D eigenvalue weighted by atomic mass is 16.4. The van der Waals surface area contributed by atoms with Crippen molar-refractivity contribution in [3.8, 4) is 0 Å². The Bertz CT molecular complexity index is 605. The molecule has 4 saturated carbocycles. The Morgan fingerprint density at radius 3 is 2.39 bits per heavy atom. The van der Waals surface area contributed by atoms with Gasteiger partial charge in [-0.2, -0.15) is 0 Å². The van der Waals surface area contributed by atoms with Crippen molar-refractivity contribution in [3.05, 3.63) is 0 Å². The summed E-state index contributed by atoms with van der Waals surface area (Å²) in [6, 6.07) is 0. The molecule has 0 saturated heterocycles. The lowest BCUT2D eigenvalue weighted by molar-refractivity contribution is -0.174. The molecule has 0 radical (unpaired) electrons. The van der Waals surface area contributed by atoms with E-state index in [0.717, 1.165) is 32.1 Å². The molecule has 4 fully saturated rings. The van der Waals surface area contributed by atoms with E-state index in [1.54, 1.807) is 0 Å². The predicted octanol–water partition coefficient (Wildman–Crippen LogP) is 4.48. The van der Waals surface area contributed by atoms with Crippen molar-refractivity contribution in [1.29, 1.82) is 0 Å². The third-order valence-electron chi connectivity index (χ3n) is 10.2. The van der Waals surface area contributed by atoms with E-state index in [9.17, 15) is 15.0 Å². The molecule has 160 valence electrons. The van der Waals surface area contributed by atoms with Gasteiger partial charge in [-0.1, -0.05) is 20.8 Å². The molecule has 4 aliphatic rings. The van der Waals surface area contributed by atoms with Gasteiger partial charge in [0.05, 0.1) is 12.2 Å². The molecule has 10 atom stereocenters. The minimum absolute atomic E-state index is 0.179. The number of carboxylic acids is 1. The maximum absolute atomic E-state index is 11.2. The number of fused-ring (bicyclic) bond motifs is 5. The molecule has 4 rings (SSSR count). The van der Waals surface area contributed by atoms with E-state index in [4.69, 9.17) is 5.11 Å². The molecule has 0 aliphatic heterocycles. The van der Waals surface area contributed by atoms with Crippen LogP contribution in [0.4, 0.5) is 0 Å². The largest absolute Gasteiger partial charge is 0.481 e. The van der Waals surface area contributed by atoms with Crippen LogP contribution < -0.4 is 0 Å². The Labute approximate surface area is 170 Å². The van der Waals surface area contributed by atoms with Crippen molar-refractivity contribution in [2.45, 2.75) is 97.2 Å². The van der Waals surface area contributed by atoms with Crippen LogP contribution in [-0.4, -0.2) is 33.5 Å². The van der Waals surface area contributed by atoms with E-state index in [1.165, 1.54) is 25.7 Å². The molecule has 4 nitrogen and oxygen atoms in total. The van der Waals surface area contributed by atoms with Crippen molar-refractivity contribution in [3.63, 3.8) is 0 Å². The highest BCUT2D eigenvalue weighted by molar-refractivity contribution is 5.66. The Hall–Kier alpha value is -0.610. The van der Waals surface area contributed by atoms with Gasteiger partial charge in [-0.3, -0.25) is 4.79 Å². The Morgan fingerprint density at radius 2 is 1.68 bits per heavy atom. The van der Waals surface area contributed by atoms with Gasteiger partial charge in [0.15, 0.2) is 0 Å². The number of hydrogen-bond acceptors (Lipinski definition) is 3. The summed E-state index contributed by atoms with van der Waals surface area (Å²) in [6.45, 7) is 7.16. The first-order valence-electron chi connectivity index (χ1n) is 11.7. The molecule has 4 heteroatoms. The van der Waals surface area contributed by atoms with Crippen molar-refractivity contribution in [2.75, 3.05) is 0 Å². The molecule has 3 N–H and O–H groups in total. The van der Waals surface area contributed by atoms with Crippen molar-refractivity contribution >= 4 is 5.97 Å². The maximum atomic E-state index is 11.2. The summed E-state index contributed by atoms with van der Waals surface area (Å²) in [5.41, 5.74) is 0.523. The van der Waals surface area contributed by atoms with E-state index in [-0.39, 0.29) is 29.5 Å². The first-order valence-corrected chi connectivity index (χ1v) is 11.7. The lowest BCUT2D eigenvalue weighted by Crippen LogP contribution is -2.58. The van der Waals surface area contributed by atoms with Gasteiger partial charge < -0.3 is 15.3 Å². The van der Waals surface area contributed by atoms with E-state index >= 15 is 0 Å². The monoisotopic (exact) mass is 392 g/mol. The van der Waals surface area contributed by atoms with Gasteiger partial charge in [0, 0.05) is 6.42 Å². The number of carboxylic acid groups (broad SMARTS) is 1. The topological polar surface area (TPSA) is 77.8 Å². The molecule has 0 spiro atoms. The fourth-order valence-electron chi connectivity index (χ4n) is 8.73. The van der Waals surface area contributed by atoms with Crippen LogP contribution in [0.1, 0.15) is 85.0 Å². The summed E-state index contributed by atoms with van der Waals surface area (Å²) < 4.78 is 0. The summed E-state index contributed by atoms with van der Waals surface area (Å²) in [4.78, 5) is 11.1. The average Bonchev–Trinajstić information content (AvgIpc) is 2.98. The highest BCUT2D eigenvalue weighted by Crippen LogP contribution is 2.68. The molecular weight excluding hydrogens is 352 g/mol. The third-order valence-corrected chi connectivity index (χ3v) is 10.2. The molecule has 0 heterocycles. The molecule has 0 amide bonds. The number of hydrogen-bond donors (Lipinski definition) is 3. The number of carbonyl (C=O) groups is 1. The smallest absolute Gasteiger partial charge is 0.303 e. The van der Waals surface area contributed by atoms with Crippen LogP contribution in [0.2, 0.25) is 0 Å². The number of aliphatic carboxylic acids is 1. The third kappa shape index (κ3) is 3.14. The molecule has 0 aromatic rings. The van der Waals surface area contributed by atoms with Crippen LogP contribution in [0.5, 0.6) is 0 Å². The van der Waals surface area contributed by atoms with Crippen LogP contribution in [-0.2, 0) is 4.79 Å². The van der Waals surface area contributed by atoms with E-state index in [2.05, 4.69) is 20.8 Å². The first kappa shape index (κ1) is 20.7. The molecule has 0 bridgehead atoms. The van der Waals surface area contributed by atoms with Gasteiger partial charge in [-0.05, 0) is 104 Å². The van der Waals surface area contributed by atoms with Gasteiger partial charge >= 0.3 is 5.97 Å². The van der Waals surface area contributed by atoms with Gasteiger partial charge in [-0.25, -0.2) is 0 Å². The quantitative estimate of drug-likeness (QED) is 0.659. The molecule has 4 aliphatic carbocycles. The average molecular weight is 393 g/mol. The zero-order chi connectivity index (χ0) is 20.3. The lowest BCUT2D eigenvalue weighted by atomic mass is 9.43. The normalized spacial score (nSPS) is 51.7. The Morgan fingerprint density at radius 1 is 1.00 bits per heavy atom. The van der Waals surface area contributed by atoms with Crippen molar-refractivity contribution in [2.24, 2.45) is 46.3 Å². The maximum Gasteiger partial charge on any atom is 0.303 e. The summed E-state index contributed by atoms with van der Waals surface area (Å²) in [5.74, 6) is 2.36. The predicted molar refractivity (Wildman–Crippen MR) is 109 cm³/mol. The number of aliphatic hydroxyl groups excluding tert-OH is 2. The Kier molecular flexibility index (Phi) is 5.36. The summed E-state index contributed by atoms with van der Waals surface area (Å²) in [7, 11) is 0. The van der Waals surface area contributed by atoms with Gasteiger partial charge in [0.25, 0.3) is 0 Å². The minimum Gasteiger partial charge on any atom is -0.481 e. The summed E-state index contributed by atoms with van der Waals surface area (Å²) in [5, 5.41) is 30.5. The fraction of sp³-hybridized carbons (Fsp3) is 0.958. The van der Waals surface area contributed by atoms with Crippen LogP contribution in [0, 0.1) is 46.3 Å². The Balaban J connectivity index is 1.55. The minimum atomic E-state index is -0.684. The van der Waals surface area contributed by atoms with Gasteiger partial charge in [0.2, 0.25) is 0 Å². The second kappa shape index (κ2) is 7.27. The second-order valence-electron chi connectivity index (χ2n) is 11.4. The number of aliphatic hydroxyl groups is 2. The van der Waals surface area contributed by atoms with Gasteiger partial charge in [0.1, 0.15) is 0 Å². The zero-order valence-electron chi connectivity index (χ0n) is 17.9. The molecule has 0 aromatic heterocycles. The molecule has 0 unspecified atom stereocenters. The van der Waals surface area contributed by atoms with Crippen LogP contribution >= 0.6 is 0 Å².